The lowest BCUT2D eigenvalue weighted by molar-refractivity contribution is -0.131. The highest BCUT2D eigenvalue weighted by molar-refractivity contribution is 5.81. The van der Waals surface area contributed by atoms with Gasteiger partial charge in [0, 0.05) is 14.1 Å². The van der Waals surface area contributed by atoms with Gasteiger partial charge in [-0.3, -0.25) is 4.79 Å². The van der Waals surface area contributed by atoms with Crippen LogP contribution < -0.4 is 5.32 Å². The molecule has 1 N–H and O–H groups in total. The number of rotatable bonds is 3. The summed E-state index contributed by atoms with van der Waals surface area (Å²) in [7, 11) is 3.56. The van der Waals surface area contributed by atoms with Gasteiger partial charge in [0.1, 0.15) is 5.82 Å². The van der Waals surface area contributed by atoms with Crippen LogP contribution in [0.2, 0.25) is 0 Å². The molecule has 110 valence electrons. The number of nitrogens with one attached hydrogen (secondary N) is 1. The fourth-order valence-corrected chi connectivity index (χ4v) is 2.85. The van der Waals surface area contributed by atoms with Crippen LogP contribution in [0.15, 0.2) is 18.2 Å². The first-order valence-electron chi connectivity index (χ1n) is 7.17. The second-order valence-electron chi connectivity index (χ2n) is 5.90. The first-order chi connectivity index (χ1) is 9.47. The predicted molar refractivity (Wildman–Crippen MR) is 78.0 cm³/mol. The topological polar surface area (TPSA) is 32.3 Å². The SMILES string of the molecule is Cc1ccc(F)cc1CC1CCNC(C(=O)N(C)C)C1. The molecule has 2 rings (SSSR count). The van der Waals surface area contributed by atoms with E-state index in [0.717, 1.165) is 36.9 Å². The Morgan fingerprint density at radius 2 is 2.20 bits per heavy atom. The molecule has 1 saturated heterocycles. The van der Waals surface area contributed by atoms with E-state index in [0.29, 0.717) is 5.92 Å². The van der Waals surface area contributed by atoms with Crippen LogP contribution in [0.5, 0.6) is 0 Å². The summed E-state index contributed by atoms with van der Waals surface area (Å²) in [6, 6.07) is 4.85. The van der Waals surface area contributed by atoms with Crippen molar-refractivity contribution >= 4 is 5.91 Å². The normalized spacial score (nSPS) is 22.6. The third kappa shape index (κ3) is 3.57. The van der Waals surface area contributed by atoms with E-state index in [2.05, 4.69) is 5.32 Å². The minimum atomic E-state index is -0.180. The number of halogens is 1. The predicted octanol–water partition coefficient (Wildman–Crippen LogP) is 2.13. The zero-order chi connectivity index (χ0) is 14.7. The number of nitrogens with zero attached hydrogens (tertiary/aromatic N) is 1. The molecule has 1 aromatic carbocycles. The highest BCUT2D eigenvalue weighted by atomic mass is 19.1. The third-order valence-electron chi connectivity index (χ3n) is 4.07. The van der Waals surface area contributed by atoms with E-state index in [1.54, 1.807) is 25.1 Å². The molecule has 1 aliphatic rings. The number of hydrogen-bond donors (Lipinski definition) is 1. The third-order valence-corrected chi connectivity index (χ3v) is 4.07. The highest BCUT2D eigenvalue weighted by Gasteiger charge is 2.28. The molecular weight excluding hydrogens is 255 g/mol. The van der Waals surface area contributed by atoms with Gasteiger partial charge in [-0.2, -0.15) is 0 Å². The molecule has 1 heterocycles. The average Bonchev–Trinajstić information content (AvgIpc) is 2.42. The smallest absolute Gasteiger partial charge is 0.239 e. The molecule has 0 bridgehead atoms. The molecule has 2 unspecified atom stereocenters. The van der Waals surface area contributed by atoms with Gasteiger partial charge in [0.05, 0.1) is 6.04 Å². The molecule has 3 nitrogen and oxygen atoms in total. The Morgan fingerprint density at radius 1 is 1.45 bits per heavy atom. The van der Waals surface area contributed by atoms with Gasteiger partial charge in [-0.25, -0.2) is 4.39 Å². The van der Waals surface area contributed by atoms with Gasteiger partial charge in [0.25, 0.3) is 0 Å². The number of piperidine rings is 1. The van der Waals surface area contributed by atoms with Crippen molar-refractivity contribution in [1.29, 1.82) is 0 Å². The lowest BCUT2D eigenvalue weighted by atomic mass is 9.85. The monoisotopic (exact) mass is 278 g/mol. The molecule has 2 atom stereocenters. The van der Waals surface area contributed by atoms with Gasteiger partial charge in [-0.05, 0) is 61.9 Å². The lowest BCUT2D eigenvalue weighted by Gasteiger charge is -2.31. The summed E-state index contributed by atoms with van der Waals surface area (Å²) < 4.78 is 13.3. The zero-order valence-electron chi connectivity index (χ0n) is 12.4. The van der Waals surface area contributed by atoms with Crippen molar-refractivity contribution in [3.8, 4) is 0 Å². The largest absolute Gasteiger partial charge is 0.347 e. The summed E-state index contributed by atoms with van der Waals surface area (Å²) in [6.07, 6.45) is 2.71. The van der Waals surface area contributed by atoms with E-state index < -0.39 is 0 Å². The standard InChI is InChI=1S/C16H23FN2O/c1-11-4-5-14(17)10-13(11)8-12-6-7-18-15(9-12)16(20)19(2)3/h4-5,10,12,15,18H,6-9H2,1-3H3. The van der Waals surface area contributed by atoms with Crippen LogP contribution in [0.3, 0.4) is 0 Å². The van der Waals surface area contributed by atoms with E-state index in [9.17, 15) is 9.18 Å². The maximum Gasteiger partial charge on any atom is 0.239 e. The fraction of sp³-hybridized carbons (Fsp3) is 0.562. The molecule has 1 fully saturated rings. The van der Waals surface area contributed by atoms with Gasteiger partial charge >= 0.3 is 0 Å². The summed E-state index contributed by atoms with van der Waals surface area (Å²) in [5, 5.41) is 3.28. The summed E-state index contributed by atoms with van der Waals surface area (Å²) in [6.45, 7) is 2.86. The van der Waals surface area contributed by atoms with Crippen molar-refractivity contribution in [3.63, 3.8) is 0 Å². The Balaban J connectivity index is 2.02. The van der Waals surface area contributed by atoms with E-state index >= 15 is 0 Å². The van der Waals surface area contributed by atoms with E-state index in [-0.39, 0.29) is 17.8 Å². The molecule has 0 saturated carbocycles. The minimum Gasteiger partial charge on any atom is -0.347 e. The minimum absolute atomic E-state index is 0.0994. The van der Waals surface area contributed by atoms with Crippen molar-refractivity contribution in [2.45, 2.75) is 32.2 Å². The number of benzene rings is 1. The van der Waals surface area contributed by atoms with E-state index in [4.69, 9.17) is 0 Å². The Hall–Kier alpha value is -1.42. The van der Waals surface area contributed by atoms with Crippen LogP contribution in [0.1, 0.15) is 24.0 Å². The molecule has 1 aliphatic heterocycles. The van der Waals surface area contributed by atoms with Crippen LogP contribution >= 0.6 is 0 Å². The molecule has 0 spiro atoms. The van der Waals surface area contributed by atoms with Crippen LogP contribution in [0, 0.1) is 18.7 Å². The zero-order valence-corrected chi connectivity index (χ0v) is 12.4. The summed E-state index contributed by atoms with van der Waals surface area (Å²) >= 11 is 0. The summed E-state index contributed by atoms with van der Waals surface area (Å²) in [4.78, 5) is 13.7. The molecule has 20 heavy (non-hydrogen) atoms. The van der Waals surface area contributed by atoms with Crippen LogP contribution in [0.25, 0.3) is 0 Å². The van der Waals surface area contributed by atoms with Gasteiger partial charge < -0.3 is 10.2 Å². The van der Waals surface area contributed by atoms with Gasteiger partial charge in [0.2, 0.25) is 5.91 Å². The number of aryl methyl sites for hydroxylation is 1. The van der Waals surface area contributed by atoms with Gasteiger partial charge in [-0.1, -0.05) is 6.07 Å². The number of amides is 1. The summed E-state index contributed by atoms with van der Waals surface area (Å²) in [5.74, 6) is 0.386. The van der Waals surface area contributed by atoms with Crippen molar-refractivity contribution < 1.29 is 9.18 Å². The molecular formula is C16H23FN2O. The molecule has 0 aromatic heterocycles. The maximum atomic E-state index is 13.3. The van der Waals surface area contributed by atoms with Crippen LogP contribution in [0.4, 0.5) is 4.39 Å². The van der Waals surface area contributed by atoms with Crippen molar-refractivity contribution in [1.82, 2.24) is 10.2 Å². The first-order valence-corrected chi connectivity index (χ1v) is 7.17. The Morgan fingerprint density at radius 3 is 2.90 bits per heavy atom. The average molecular weight is 278 g/mol. The Kier molecular flexibility index (Phi) is 4.76. The molecule has 0 radical (unpaired) electrons. The van der Waals surface area contributed by atoms with Gasteiger partial charge in [-0.15, -0.1) is 0 Å². The van der Waals surface area contributed by atoms with Crippen molar-refractivity contribution in [2.24, 2.45) is 5.92 Å². The van der Waals surface area contributed by atoms with E-state index in [1.165, 1.54) is 6.07 Å². The molecule has 4 heteroatoms. The number of carbonyl (C=O) groups is 1. The molecule has 1 aromatic rings. The second kappa shape index (κ2) is 6.35. The number of hydrogen-bond acceptors (Lipinski definition) is 2. The Bertz CT molecular complexity index is 487. The van der Waals surface area contributed by atoms with Crippen molar-refractivity contribution in [2.75, 3.05) is 20.6 Å². The van der Waals surface area contributed by atoms with Gasteiger partial charge in [0.15, 0.2) is 0 Å². The highest BCUT2D eigenvalue weighted by Crippen LogP contribution is 2.24. The quantitative estimate of drug-likeness (QED) is 0.918. The van der Waals surface area contributed by atoms with Crippen LogP contribution in [-0.2, 0) is 11.2 Å². The van der Waals surface area contributed by atoms with E-state index in [1.807, 2.05) is 13.0 Å². The Labute approximate surface area is 120 Å². The molecule has 0 aliphatic carbocycles. The van der Waals surface area contributed by atoms with Crippen LogP contribution in [-0.4, -0.2) is 37.5 Å². The summed E-state index contributed by atoms with van der Waals surface area (Å²) in [5.41, 5.74) is 2.19. The molecule has 1 amide bonds. The maximum absolute atomic E-state index is 13.3. The number of likely N-dealkylation sites (N-methyl/N-ethyl adjacent to an activating group) is 1. The number of carbonyl (C=O) groups excluding carboxylic acids is 1. The first kappa shape index (κ1) is 15.0. The lowest BCUT2D eigenvalue weighted by Crippen LogP contribution is -2.48. The van der Waals surface area contributed by atoms with Crippen molar-refractivity contribution in [3.05, 3.63) is 35.1 Å². The fourth-order valence-electron chi connectivity index (χ4n) is 2.85. The second-order valence-corrected chi connectivity index (χ2v) is 5.90.